The first kappa shape index (κ1) is 7.07. The average Bonchev–Trinajstić information content (AvgIpc) is 2.46. The van der Waals surface area contributed by atoms with Crippen molar-refractivity contribution in [1.29, 1.82) is 0 Å². The van der Waals surface area contributed by atoms with Crippen LogP contribution in [0.2, 0.25) is 0 Å². The lowest BCUT2D eigenvalue weighted by molar-refractivity contribution is -0.143. The second kappa shape index (κ2) is 2.19. The van der Waals surface area contributed by atoms with E-state index in [1.54, 1.807) is 0 Å². The molecule has 2 rings (SSSR count). The summed E-state index contributed by atoms with van der Waals surface area (Å²) in [7, 11) is 0. The molecule has 3 heteroatoms. The minimum absolute atomic E-state index is 0.0566. The number of aliphatic carboxylic acids is 1. The first-order valence-corrected chi connectivity index (χ1v) is 4.07. The first-order valence-electron chi connectivity index (χ1n) is 4.07. The highest BCUT2D eigenvalue weighted by molar-refractivity contribution is 5.71. The Morgan fingerprint density at radius 1 is 1.45 bits per heavy atom. The molecule has 0 radical (unpaired) electrons. The number of fused-ring (bicyclic) bond motifs is 2. The molecule has 0 spiro atoms. The fourth-order valence-corrected chi connectivity index (χ4v) is 2.53. The molecule has 2 fully saturated rings. The third-order valence-corrected chi connectivity index (χ3v) is 3.12. The van der Waals surface area contributed by atoms with Crippen molar-refractivity contribution in [3.05, 3.63) is 0 Å². The summed E-state index contributed by atoms with van der Waals surface area (Å²) in [6, 6.07) is 0. The zero-order valence-corrected chi connectivity index (χ0v) is 6.16. The molecule has 0 aliphatic heterocycles. The predicted octanol–water partition coefficient (Wildman–Crippen LogP) is 1.46. The number of carboxylic acids is 1. The van der Waals surface area contributed by atoms with Gasteiger partial charge in [-0.3, -0.25) is 4.79 Å². The summed E-state index contributed by atoms with van der Waals surface area (Å²) in [5.74, 6) is -1.30. The molecule has 2 nitrogen and oxygen atoms in total. The van der Waals surface area contributed by atoms with Crippen LogP contribution >= 0.6 is 0 Å². The topological polar surface area (TPSA) is 37.3 Å². The molecule has 0 heterocycles. The molecule has 0 unspecified atom stereocenters. The van der Waals surface area contributed by atoms with Gasteiger partial charge in [0.05, 0.1) is 5.92 Å². The van der Waals surface area contributed by atoms with Gasteiger partial charge in [0.15, 0.2) is 0 Å². The van der Waals surface area contributed by atoms with Crippen molar-refractivity contribution in [3.8, 4) is 0 Å². The number of hydrogen-bond donors (Lipinski definition) is 1. The fraction of sp³-hybridized carbons (Fsp3) is 0.875. The zero-order valence-electron chi connectivity index (χ0n) is 6.16. The number of carbonyl (C=O) groups is 1. The summed E-state index contributed by atoms with van der Waals surface area (Å²) >= 11 is 0. The van der Waals surface area contributed by atoms with Gasteiger partial charge in [-0.15, -0.1) is 0 Å². The second-order valence-electron chi connectivity index (χ2n) is 3.63. The Balaban J connectivity index is 2.14. The van der Waals surface area contributed by atoms with Crippen molar-refractivity contribution >= 4 is 5.97 Å². The lowest BCUT2D eigenvalue weighted by Gasteiger charge is -2.15. The summed E-state index contributed by atoms with van der Waals surface area (Å²) in [5.41, 5.74) is 0. The number of carboxylic acid groups (broad SMARTS) is 1. The molecule has 2 bridgehead atoms. The van der Waals surface area contributed by atoms with Gasteiger partial charge in [-0.25, -0.2) is 4.39 Å². The highest BCUT2D eigenvalue weighted by Gasteiger charge is 2.51. The number of halogens is 1. The SMILES string of the molecule is O=C(O)[C@@H]1C[C@H]2CC[C@@H]1[C@H]2F. The number of alkyl halides is 1. The van der Waals surface area contributed by atoms with E-state index in [0.29, 0.717) is 6.42 Å². The van der Waals surface area contributed by atoms with Crippen molar-refractivity contribution in [2.24, 2.45) is 17.8 Å². The molecule has 0 aromatic rings. The van der Waals surface area contributed by atoms with E-state index in [1.165, 1.54) is 0 Å². The van der Waals surface area contributed by atoms with Crippen molar-refractivity contribution in [2.75, 3.05) is 0 Å². The highest BCUT2D eigenvalue weighted by Crippen LogP contribution is 2.50. The Morgan fingerprint density at radius 3 is 2.45 bits per heavy atom. The van der Waals surface area contributed by atoms with Crippen LogP contribution in [0.1, 0.15) is 19.3 Å². The van der Waals surface area contributed by atoms with Gasteiger partial charge in [0, 0.05) is 5.92 Å². The molecule has 0 saturated heterocycles. The third kappa shape index (κ3) is 0.865. The van der Waals surface area contributed by atoms with Crippen LogP contribution < -0.4 is 0 Å². The fourth-order valence-electron chi connectivity index (χ4n) is 2.53. The van der Waals surface area contributed by atoms with Crippen LogP contribution in [-0.2, 0) is 4.79 Å². The number of rotatable bonds is 1. The smallest absolute Gasteiger partial charge is 0.306 e. The molecule has 0 aromatic carbocycles. The van der Waals surface area contributed by atoms with Crippen LogP contribution in [0.3, 0.4) is 0 Å². The minimum atomic E-state index is -0.823. The number of hydrogen-bond acceptors (Lipinski definition) is 1. The van der Waals surface area contributed by atoms with Gasteiger partial charge < -0.3 is 5.11 Å². The molecule has 4 atom stereocenters. The van der Waals surface area contributed by atoms with E-state index >= 15 is 0 Å². The lowest BCUT2D eigenvalue weighted by atomic mass is 9.89. The van der Waals surface area contributed by atoms with Crippen LogP contribution in [0.15, 0.2) is 0 Å². The maximum absolute atomic E-state index is 13.1. The van der Waals surface area contributed by atoms with E-state index in [-0.39, 0.29) is 17.8 Å². The maximum Gasteiger partial charge on any atom is 0.306 e. The molecule has 2 aliphatic carbocycles. The van der Waals surface area contributed by atoms with Crippen LogP contribution in [0.5, 0.6) is 0 Å². The molecule has 1 N–H and O–H groups in total. The van der Waals surface area contributed by atoms with Crippen molar-refractivity contribution in [3.63, 3.8) is 0 Å². The van der Waals surface area contributed by atoms with Gasteiger partial charge in [0.25, 0.3) is 0 Å². The van der Waals surface area contributed by atoms with E-state index in [9.17, 15) is 9.18 Å². The standard InChI is InChI=1S/C8H11FO2/c9-7-4-1-2-5(7)6(3-4)8(10)11/h4-7H,1-3H2,(H,10,11)/t4-,5+,6-,7+/m1/s1. The van der Waals surface area contributed by atoms with Crippen LogP contribution in [0.4, 0.5) is 4.39 Å². The second-order valence-corrected chi connectivity index (χ2v) is 3.63. The van der Waals surface area contributed by atoms with E-state index in [4.69, 9.17) is 5.11 Å². The molecule has 62 valence electrons. The van der Waals surface area contributed by atoms with Crippen molar-refractivity contribution < 1.29 is 14.3 Å². The Labute approximate surface area is 64.4 Å². The van der Waals surface area contributed by atoms with Crippen molar-refractivity contribution in [2.45, 2.75) is 25.4 Å². The van der Waals surface area contributed by atoms with Crippen LogP contribution in [0.25, 0.3) is 0 Å². The molecule has 2 aliphatic rings. The Morgan fingerprint density at radius 2 is 2.18 bits per heavy atom. The largest absolute Gasteiger partial charge is 0.481 e. The van der Waals surface area contributed by atoms with Crippen LogP contribution in [-0.4, -0.2) is 17.2 Å². The summed E-state index contributed by atoms with van der Waals surface area (Å²) in [4.78, 5) is 10.6. The van der Waals surface area contributed by atoms with Gasteiger partial charge >= 0.3 is 5.97 Å². The predicted molar refractivity (Wildman–Crippen MR) is 36.9 cm³/mol. The van der Waals surface area contributed by atoms with Crippen molar-refractivity contribution in [1.82, 2.24) is 0 Å². The Bertz CT molecular complexity index is 193. The average molecular weight is 158 g/mol. The lowest BCUT2D eigenvalue weighted by Crippen LogP contribution is -2.21. The van der Waals surface area contributed by atoms with Gasteiger partial charge in [0.1, 0.15) is 6.17 Å². The molecule has 2 saturated carbocycles. The highest BCUT2D eigenvalue weighted by atomic mass is 19.1. The maximum atomic E-state index is 13.1. The molecule has 11 heavy (non-hydrogen) atoms. The van der Waals surface area contributed by atoms with E-state index in [2.05, 4.69) is 0 Å². The van der Waals surface area contributed by atoms with Crippen LogP contribution in [0, 0.1) is 17.8 Å². The molecule has 0 aromatic heterocycles. The van der Waals surface area contributed by atoms with E-state index in [0.717, 1.165) is 12.8 Å². The summed E-state index contributed by atoms with van der Waals surface area (Å²) in [5, 5.41) is 8.69. The molecular weight excluding hydrogens is 147 g/mol. The van der Waals surface area contributed by atoms with Gasteiger partial charge in [-0.05, 0) is 25.2 Å². The quantitative estimate of drug-likeness (QED) is 0.627. The summed E-state index contributed by atoms with van der Waals surface area (Å²) < 4.78 is 13.1. The molecule has 0 amide bonds. The summed E-state index contributed by atoms with van der Waals surface area (Å²) in [6.07, 6.45) is 1.43. The minimum Gasteiger partial charge on any atom is -0.481 e. The summed E-state index contributed by atoms with van der Waals surface area (Å²) in [6.45, 7) is 0. The van der Waals surface area contributed by atoms with Gasteiger partial charge in [-0.2, -0.15) is 0 Å². The molecular formula is C8H11FO2. The monoisotopic (exact) mass is 158 g/mol. The Kier molecular flexibility index (Phi) is 1.41. The van der Waals surface area contributed by atoms with Gasteiger partial charge in [-0.1, -0.05) is 0 Å². The normalized spacial score (nSPS) is 48.1. The van der Waals surface area contributed by atoms with Gasteiger partial charge in [0.2, 0.25) is 0 Å². The van der Waals surface area contributed by atoms with E-state index < -0.39 is 12.1 Å². The zero-order chi connectivity index (χ0) is 8.01. The Hall–Kier alpha value is -0.600. The van der Waals surface area contributed by atoms with E-state index in [1.807, 2.05) is 0 Å². The third-order valence-electron chi connectivity index (χ3n) is 3.12. The first-order chi connectivity index (χ1) is 5.20.